The van der Waals surface area contributed by atoms with Gasteiger partial charge in [-0.1, -0.05) is 13.8 Å². The molecule has 0 saturated heterocycles. The summed E-state index contributed by atoms with van der Waals surface area (Å²) in [4.78, 5) is 4.12. The number of hydrogen-bond donors (Lipinski definition) is 1. The average Bonchev–Trinajstić information content (AvgIpc) is 2.79. The Kier molecular flexibility index (Phi) is 4.71. The van der Waals surface area contributed by atoms with Gasteiger partial charge in [-0.05, 0) is 46.0 Å². The van der Waals surface area contributed by atoms with Gasteiger partial charge < -0.3 is 5.11 Å². The molecular weight excluding hydrogens is 306 g/mol. The van der Waals surface area contributed by atoms with E-state index in [1.165, 1.54) is 0 Å². The van der Waals surface area contributed by atoms with E-state index >= 15 is 0 Å². The van der Waals surface area contributed by atoms with Gasteiger partial charge in [-0.3, -0.25) is 9.67 Å². The number of nitrogens with zero attached hydrogens (tertiary/aromatic N) is 3. The molecule has 0 aliphatic rings. The first-order chi connectivity index (χ1) is 9.19. The van der Waals surface area contributed by atoms with Crippen molar-refractivity contribution >= 4 is 15.9 Å². The molecule has 0 radical (unpaired) electrons. The number of halogens is 1. The van der Waals surface area contributed by atoms with E-state index in [9.17, 15) is 5.11 Å². The zero-order valence-electron chi connectivity index (χ0n) is 11.2. The predicted molar refractivity (Wildman–Crippen MR) is 77.9 cm³/mol. The fraction of sp³-hybridized carbons (Fsp3) is 0.429. The number of aliphatic hydroxyl groups is 1. The van der Waals surface area contributed by atoms with Crippen LogP contribution in [0.25, 0.3) is 0 Å². The van der Waals surface area contributed by atoms with Crippen LogP contribution in [0, 0.1) is 0 Å². The number of aliphatic hydroxyl groups excluding tert-OH is 1. The minimum atomic E-state index is -0.679. The van der Waals surface area contributed by atoms with Gasteiger partial charge in [0, 0.05) is 18.9 Å². The molecule has 2 heterocycles. The van der Waals surface area contributed by atoms with Crippen LogP contribution in [-0.4, -0.2) is 19.9 Å². The normalized spacial score (nSPS) is 12.6. The highest BCUT2D eigenvalue weighted by molar-refractivity contribution is 9.10. The molecule has 0 aromatic carbocycles. The second-order valence-electron chi connectivity index (χ2n) is 4.43. The Morgan fingerprint density at radius 1 is 1.37 bits per heavy atom. The molecule has 2 aromatic rings. The van der Waals surface area contributed by atoms with Gasteiger partial charge in [-0.15, -0.1) is 0 Å². The maximum Gasteiger partial charge on any atom is 0.122 e. The maximum atomic E-state index is 10.7. The lowest BCUT2D eigenvalue weighted by Crippen LogP contribution is -2.12. The summed E-state index contributed by atoms with van der Waals surface area (Å²) in [6, 6.07) is 1.87. The standard InChI is InChI=1S/C14H18BrN3O/c1-3-7-18-13(12(15)9-17-18)14(19)11-5-6-16-8-10(11)4-2/h5-6,8-9,14,19H,3-4,7H2,1-2H3. The molecule has 1 unspecified atom stereocenters. The van der Waals surface area contributed by atoms with Gasteiger partial charge in [0.15, 0.2) is 0 Å². The van der Waals surface area contributed by atoms with Crippen molar-refractivity contribution in [2.45, 2.75) is 39.3 Å². The lowest BCUT2D eigenvalue weighted by atomic mass is 10.0. The molecule has 0 aliphatic heterocycles. The highest BCUT2D eigenvalue weighted by atomic mass is 79.9. The number of hydrogen-bond acceptors (Lipinski definition) is 3. The quantitative estimate of drug-likeness (QED) is 0.919. The third kappa shape index (κ3) is 2.87. The third-order valence-electron chi connectivity index (χ3n) is 3.14. The second kappa shape index (κ2) is 6.30. The molecule has 0 fully saturated rings. The average molecular weight is 324 g/mol. The first-order valence-electron chi connectivity index (χ1n) is 6.51. The van der Waals surface area contributed by atoms with Gasteiger partial charge >= 0.3 is 0 Å². The minimum absolute atomic E-state index is 0.679. The van der Waals surface area contributed by atoms with Gasteiger partial charge in [0.05, 0.1) is 16.4 Å². The molecule has 1 N–H and O–H groups in total. The van der Waals surface area contributed by atoms with E-state index in [2.05, 4.69) is 39.9 Å². The molecule has 0 amide bonds. The highest BCUT2D eigenvalue weighted by Crippen LogP contribution is 2.30. The second-order valence-corrected chi connectivity index (χ2v) is 5.29. The van der Waals surface area contributed by atoms with Crippen LogP contribution in [0.2, 0.25) is 0 Å². The van der Waals surface area contributed by atoms with Gasteiger partial charge in [0.25, 0.3) is 0 Å². The highest BCUT2D eigenvalue weighted by Gasteiger charge is 2.21. The molecule has 19 heavy (non-hydrogen) atoms. The molecule has 1 atom stereocenters. The van der Waals surface area contributed by atoms with Gasteiger partial charge in [0.2, 0.25) is 0 Å². The molecule has 0 spiro atoms. The Morgan fingerprint density at radius 2 is 2.16 bits per heavy atom. The zero-order valence-corrected chi connectivity index (χ0v) is 12.8. The summed E-state index contributed by atoms with van der Waals surface area (Å²) >= 11 is 3.47. The van der Waals surface area contributed by atoms with Gasteiger partial charge in [-0.25, -0.2) is 0 Å². The monoisotopic (exact) mass is 323 g/mol. The van der Waals surface area contributed by atoms with E-state index in [1.54, 1.807) is 12.4 Å². The SMILES string of the molecule is CCCn1ncc(Br)c1C(O)c1ccncc1CC. The Balaban J connectivity index is 2.43. The third-order valence-corrected chi connectivity index (χ3v) is 3.76. The van der Waals surface area contributed by atoms with Crippen molar-refractivity contribution < 1.29 is 5.11 Å². The van der Waals surface area contributed by atoms with E-state index in [0.29, 0.717) is 0 Å². The van der Waals surface area contributed by atoms with Crippen molar-refractivity contribution in [1.29, 1.82) is 0 Å². The molecule has 0 saturated carbocycles. The fourth-order valence-corrected chi connectivity index (χ4v) is 2.69. The van der Waals surface area contributed by atoms with Crippen LogP contribution in [0.1, 0.15) is 43.2 Å². The topological polar surface area (TPSA) is 50.9 Å². The van der Waals surface area contributed by atoms with Crippen molar-refractivity contribution in [1.82, 2.24) is 14.8 Å². The summed E-state index contributed by atoms with van der Waals surface area (Å²) in [7, 11) is 0. The van der Waals surface area contributed by atoms with E-state index in [4.69, 9.17) is 0 Å². The van der Waals surface area contributed by atoms with Crippen molar-refractivity contribution in [2.75, 3.05) is 0 Å². The van der Waals surface area contributed by atoms with E-state index in [0.717, 1.165) is 40.7 Å². The number of rotatable bonds is 5. The molecular formula is C14H18BrN3O. The first-order valence-corrected chi connectivity index (χ1v) is 7.30. The van der Waals surface area contributed by atoms with Crippen LogP contribution in [-0.2, 0) is 13.0 Å². The summed E-state index contributed by atoms with van der Waals surface area (Å²) in [6.45, 7) is 4.95. The molecule has 102 valence electrons. The van der Waals surface area contributed by atoms with Crippen molar-refractivity contribution in [3.05, 3.63) is 46.0 Å². The van der Waals surface area contributed by atoms with Crippen LogP contribution in [0.15, 0.2) is 29.1 Å². The van der Waals surface area contributed by atoms with E-state index in [-0.39, 0.29) is 0 Å². The Bertz CT molecular complexity index is 553. The lowest BCUT2D eigenvalue weighted by molar-refractivity contribution is 0.205. The van der Waals surface area contributed by atoms with Crippen molar-refractivity contribution in [3.8, 4) is 0 Å². The van der Waals surface area contributed by atoms with Crippen molar-refractivity contribution in [3.63, 3.8) is 0 Å². The predicted octanol–water partition coefficient (Wildman–Crippen LogP) is 3.09. The van der Waals surface area contributed by atoms with Crippen molar-refractivity contribution in [2.24, 2.45) is 0 Å². The van der Waals surface area contributed by atoms with Crippen LogP contribution >= 0.6 is 15.9 Å². The lowest BCUT2D eigenvalue weighted by Gasteiger charge is -2.16. The Morgan fingerprint density at radius 3 is 2.84 bits per heavy atom. The van der Waals surface area contributed by atoms with Crippen LogP contribution in [0.4, 0.5) is 0 Å². The summed E-state index contributed by atoms with van der Waals surface area (Å²) in [6.07, 6.45) is 6.41. The van der Waals surface area contributed by atoms with Crippen LogP contribution in [0.5, 0.6) is 0 Å². The van der Waals surface area contributed by atoms with Gasteiger partial charge in [-0.2, -0.15) is 5.10 Å². The molecule has 0 bridgehead atoms. The van der Waals surface area contributed by atoms with Gasteiger partial charge in [0.1, 0.15) is 6.10 Å². The number of pyridine rings is 1. The molecule has 4 nitrogen and oxygen atoms in total. The summed E-state index contributed by atoms with van der Waals surface area (Å²) < 4.78 is 2.70. The molecule has 5 heteroatoms. The summed E-state index contributed by atoms with van der Waals surface area (Å²) in [5, 5.41) is 15.0. The fourth-order valence-electron chi connectivity index (χ4n) is 2.18. The number of aromatic nitrogens is 3. The smallest absolute Gasteiger partial charge is 0.122 e. The summed E-state index contributed by atoms with van der Waals surface area (Å²) in [5.41, 5.74) is 2.77. The van der Waals surface area contributed by atoms with Crippen LogP contribution in [0.3, 0.4) is 0 Å². The summed E-state index contributed by atoms with van der Waals surface area (Å²) in [5.74, 6) is 0. The van der Waals surface area contributed by atoms with Crippen LogP contribution < -0.4 is 0 Å². The molecule has 2 aromatic heterocycles. The Hall–Kier alpha value is -1.20. The first kappa shape index (κ1) is 14.2. The zero-order chi connectivity index (χ0) is 13.8. The molecule has 0 aliphatic carbocycles. The largest absolute Gasteiger partial charge is 0.382 e. The minimum Gasteiger partial charge on any atom is -0.382 e. The van der Waals surface area contributed by atoms with E-state index < -0.39 is 6.10 Å². The maximum absolute atomic E-state index is 10.7. The van der Waals surface area contributed by atoms with E-state index in [1.807, 2.05) is 16.9 Å². The molecule has 2 rings (SSSR count). The number of aryl methyl sites for hydroxylation is 2. The Labute approximate surface area is 121 Å².